The largest absolute Gasteiger partial charge is 0.340 e. The van der Waals surface area contributed by atoms with E-state index >= 15 is 0 Å². The lowest BCUT2D eigenvalue weighted by Gasteiger charge is -2.26. The number of H-pyrrole nitrogens is 1. The molecule has 0 saturated carbocycles. The van der Waals surface area contributed by atoms with Gasteiger partial charge in [-0.2, -0.15) is 0 Å². The first-order valence-corrected chi connectivity index (χ1v) is 9.00. The van der Waals surface area contributed by atoms with Crippen molar-refractivity contribution in [3.05, 3.63) is 78.4 Å². The normalized spacial score (nSPS) is 13.4. The molecular formula is C20H17N7O. The summed E-state index contributed by atoms with van der Waals surface area (Å²) in [5.74, 6) is 0.809. The Balaban J connectivity index is 1.34. The Hall–Kier alpha value is -3.81. The molecule has 0 unspecified atom stereocenters. The van der Waals surface area contributed by atoms with Crippen LogP contribution in [-0.2, 0) is 13.0 Å². The van der Waals surface area contributed by atoms with Gasteiger partial charge < -0.3 is 9.88 Å². The number of pyridine rings is 1. The number of nitrogens with zero attached hydrogens (tertiary/aromatic N) is 6. The second-order valence-electron chi connectivity index (χ2n) is 6.65. The number of imidazole rings is 1. The molecule has 0 bridgehead atoms. The van der Waals surface area contributed by atoms with Crippen molar-refractivity contribution in [2.24, 2.45) is 0 Å². The zero-order valence-corrected chi connectivity index (χ0v) is 15.0. The van der Waals surface area contributed by atoms with Crippen molar-refractivity contribution in [2.75, 3.05) is 6.54 Å². The van der Waals surface area contributed by atoms with Crippen LogP contribution < -0.4 is 0 Å². The number of aromatic nitrogens is 6. The summed E-state index contributed by atoms with van der Waals surface area (Å²) in [5, 5.41) is 7.60. The molecule has 1 aliphatic rings. The van der Waals surface area contributed by atoms with Crippen LogP contribution in [0.4, 0.5) is 0 Å². The van der Waals surface area contributed by atoms with Gasteiger partial charge in [0.05, 0.1) is 17.9 Å². The molecule has 1 aliphatic heterocycles. The fraction of sp³-hybridized carbons (Fsp3) is 0.150. The maximum atomic E-state index is 12.9. The van der Waals surface area contributed by atoms with Gasteiger partial charge in [-0.3, -0.25) is 14.3 Å². The lowest BCUT2D eigenvalue weighted by atomic mass is 10.1. The second kappa shape index (κ2) is 6.73. The zero-order valence-electron chi connectivity index (χ0n) is 15.0. The van der Waals surface area contributed by atoms with Gasteiger partial charge in [-0.1, -0.05) is 0 Å². The van der Waals surface area contributed by atoms with Gasteiger partial charge in [0, 0.05) is 42.2 Å². The molecule has 8 heteroatoms. The zero-order chi connectivity index (χ0) is 18.9. The van der Waals surface area contributed by atoms with E-state index in [0.29, 0.717) is 18.7 Å². The highest BCUT2D eigenvalue weighted by Crippen LogP contribution is 2.23. The van der Waals surface area contributed by atoms with E-state index in [-0.39, 0.29) is 5.91 Å². The topological polar surface area (TPSA) is 92.6 Å². The van der Waals surface area contributed by atoms with Crippen LogP contribution in [0.3, 0.4) is 0 Å². The molecule has 0 saturated heterocycles. The number of carbonyl (C=O) groups is 1. The van der Waals surface area contributed by atoms with Crippen molar-refractivity contribution in [3.8, 4) is 17.1 Å². The number of hydrogen-bond donors (Lipinski definition) is 1. The van der Waals surface area contributed by atoms with Crippen LogP contribution in [0.25, 0.3) is 17.1 Å². The van der Waals surface area contributed by atoms with Crippen LogP contribution in [0.2, 0.25) is 0 Å². The molecule has 3 aromatic heterocycles. The highest BCUT2D eigenvalue weighted by atomic mass is 16.2. The molecule has 5 rings (SSSR count). The summed E-state index contributed by atoms with van der Waals surface area (Å²) < 4.78 is 1.80. The van der Waals surface area contributed by atoms with Crippen molar-refractivity contribution in [2.45, 2.75) is 13.0 Å². The number of fused-ring (bicyclic) bond motifs is 1. The number of benzene rings is 1. The Kier molecular flexibility index (Phi) is 3.93. The van der Waals surface area contributed by atoms with E-state index in [1.807, 2.05) is 41.3 Å². The lowest BCUT2D eigenvalue weighted by Crippen LogP contribution is -2.36. The first-order chi connectivity index (χ1) is 13.8. The van der Waals surface area contributed by atoms with Gasteiger partial charge in [0.1, 0.15) is 18.5 Å². The molecule has 8 nitrogen and oxygen atoms in total. The summed E-state index contributed by atoms with van der Waals surface area (Å²) in [7, 11) is 0. The van der Waals surface area contributed by atoms with Crippen molar-refractivity contribution in [3.63, 3.8) is 0 Å². The lowest BCUT2D eigenvalue weighted by molar-refractivity contribution is 0.0732. The van der Waals surface area contributed by atoms with Gasteiger partial charge >= 0.3 is 0 Å². The summed E-state index contributed by atoms with van der Waals surface area (Å²) in [4.78, 5) is 27.0. The Bertz CT molecular complexity index is 1100. The SMILES string of the molecule is O=C(c1ccc(-n2cnnc2)cc1)N1CCc2nc(-c3cccnc3)[nH]c2C1. The number of aromatic amines is 1. The van der Waals surface area contributed by atoms with Crippen LogP contribution in [0.1, 0.15) is 21.7 Å². The maximum Gasteiger partial charge on any atom is 0.254 e. The number of nitrogens with one attached hydrogen (secondary N) is 1. The minimum absolute atomic E-state index is 0.0125. The quantitative estimate of drug-likeness (QED) is 0.596. The molecule has 0 atom stereocenters. The van der Waals surface area contributed by atoms with E-state index in [9.17, 15) is 4.79 Å². The van der Waals surface area contributed by atoms with Crippen LogP contribution >= 0.6 is 0 Å². The van der Waals surface area contributed by atoms with Gasteiger partial charge in [-0.05, 0) is 36.4 Å². The average molecular weight is 371 g/mol. The molecule has 0 spiro atoms. The number of rotatable bonds is 3. The monoisotopic (exact) mass is 371 g/mol. The Morgan fingerprint density at radius 2 is 1.89 bits per heavy atom. The highest BCUT2D eigenvalue weighted by Gasteiger charge is 2.25. The summed E-state index contributed by atoms with van der Waals surface area (Å²) in [5.41, 5.74) is 4.52. The second-order valence-corrected chi connectivity index (χ2v) is 6.65. The third-order valence-corrected chi connectivity index (χ3v) is 4.89. The molecule has 1 N–H and O–H groups in total. The third kappa shape index (κ3) is 2.94. The minimum atomic E-state index is 0.0125. The van der Waals surface area contributed by atoms with E-state index in [2.05, 4.69) is 25.1 Å². The summed E-state index contributed by atoms with van der Waals surface area (Å²) in [6, 6.07) is 11.3. The molecular weight excluding hydrogens is 354 g/mol. The summed E-state index contributed by atoms with van der Waals surface area (Å²) in [6.45, 7) is 1.17. The molecule has 1 aromatic carbocycles. The van der Waals surface area contributed by atoms with Gasteiger partial charge in [-0.25, -0.2) is 4.98 Å². The van der Waals surface area contributed by atoms with E-state index in [0.717, 1.165) is 34.9 Å². The van der Waals surface area contributed by atoms with Gasteiger partial charge in [0.25, 0.3) is 5.91 Å². The molecule has 1 amide bonds. The Morgan fingerprint density at radius 1 is 1.07 bits per heavy atom. The van der Waals surface area contributed by atoms with Gasteiger partial charge in [-0.15, -0.1) is 10.2 Å². The highest BCUT2D eigenvalue weighted by molar-refractivity contribution is 5.94. The predicted molar refractivity (Wildman–Crippen MR) is 102 cm³/mol. The summed E-state index contributed by atoms with van der Waals surface area (Å²) >= 11 is 0. The van der Waals surface area contributed by atoms with E-state index in [4.69, 9.17) is 0 Å². The van der Waals surface area contributed by atoms with Crippen LogP contribution in [0.5, 0.6) is 0 Å². The maximum absolute atomic E-state index is 12.9. The smallest absolute Gasteiger partial charge is 0.254 e. The Labute approximate surface area is 160 Å². The standard InChI is InChI=1S/C20H17N7O/c28-20(14-3-5-16(6-4-14)27-12-22-23-13-27)26-9-7-17-18(11-26)25-19(24-17)15-2-1-8-21-10-15/h1-6,8,10,12-13H,7,9,11H2,(H,24,25). The van der Waals surface area contributed by atoms with Crippen LogP contribution in [0.15, 0.2) is 61.4 Å². The van der Waals surface area contributed by atoms with Crippen molar-refractivity contribution < 1.29 is 4.79 Å². The molecule has 0 fully saturated rings. The first-order valence-electron chi connectivity index (χ1n) is 9.00. The third-order valence-electron chi connectivity index (χ3n) is 4.89. The fourth-order valence-corrected chi connectivity index (χ4v) is 3.40. The van der Waals surface area contributed by atoms with Crippen molar-refractivity contribution >= 4 is 5.91 Å². The molecule has 28 heavy (non-hydrogen) atoms. The molecule has 0 aliphatic carbocycles. The number of amides is 1. The van der Waals surface area contributed by atoms with E-state index in [1.165, 1.54) is 0 Å². The Morgan fingerprint density at radius 3 is 2.64 bits per heavy atom. The summed E-state index contributed by atoms with van der Waals surface area (Å²) in [6.07, 6.45) is 7.50. The predicted octanol–water partition coefficient (Wildman–Crippen LogP) is 2.25. The van der Waals surface area contributed by atoms with Crippen LogP contribution in [-0.4, -0.2) is 47.1 Å². The number of carbonyl (C=O) groups excluding carboxylic acids is 1. The minimum Gasteiger partial charge on any atom is -0.340 e. The van der Waals surface area contributed by atoms with Gasteiger partial charge in [0.15, 0.2) is 0 Å². The van der Waals surface area contributed by atoms with E-state index < -0.39 is 0 Å². The average Bonchev–Trinajstić information content (AvgIpc) is 3.43. The van der Waals surface area contributed by atoms with Gasteiger partial charge in [0.2, 0.25) is 0 Å². The number of hydrogen-bond acceptors (Lipinski definition) is 5. The van der Waals surface area contributed by atoms with Crippen molar-refractivity contribution in [1.82, 2.24) is 34.6 Å². The molecule has 4 aromatic rings. The molecule has 4 heterocycles. The fourth-order valence-electron chi connectivity index (χ4n) is 3.40. The first kappa shape index (κ1) is 16.4. The molecule has 0 radical (unpaired) electrons. The molecule has 138 valence electrons. The van der Waals surface area contributed by atoms with Crippen LogP contribution in [0, 0.1) is 0 Å². The van der Waals surface area contributed by atoms with E-state index in [1.54, 1.807) is 29.6 Å². The van der Waals surface area contributed by atoms with Crippen molar-refractivity contribution in [1.29, 1.82) is 0 Å².